The Balaban J connectivity index is 4.05. The summed E-state index contributed by atoms with van der Waals surface area (Å²) in [6.07, 6.45) is -4.43. The molecule has 5 nitrogen and oxygen atoms in total. The summed E-state index contributed by atoms with van der Waals surface area (Å²) in [4.78, 5) is 24.5. The number of rotatable bonds is 7. The highest BCUT2D eigenvalue weighted by Gasteiger charge is 2.27. The summed E-state index contributed by atoms with van der Waals surface area (Å²) in [6.45, 7) is 4.60. The summed E-state index contributed by atoms with van der Waals surface area (Å²) in [5.74, 6) is -0.981. The van der Waals surface area contributed by atoms with Gasteiger partial charge in [-0.2, -0.15) is 13.2 Å². The van der Waals surface area contributed by atoms with Crippen LogP contribution in [0.3, 0.4) is 0 Å². The van der Waals surface area contributed by atoms with Crippen molar-refractivity contribution in [3.8, 4) is 0 Å². The summed E-state index contributed by atoms with van der Waals surface area (Å²) in [6, 6.07) is -0.614. The van der Waals surface area contributed by atoms with Gasteiger partial charge in [0.25, 0.3) is 0 Å². The van der Waals surface area contributed by atoms with Crippen LogP contribution in [0.2, 0.25) is 0 Å². The number of hydrogen-bond acceptors (Lipinski definition) is 3. The number of hydrogen-bond donors (Lipinski definition) is 2. The fourth-order valence-corrected chi connectivity index (χ4v) is 1.40. The van der Waals surface area contributed by atoms with Gasteiger partial charge in [0.05, 0.1) is 12.6 Å². The van der Waals surface area contributed by atoms with Crippen molar-refractivity contribution in [1.82, 2.24) is 15.5 Å². The summed E-state index contributed by atoms with van der Waals surface area (Å²) >= 11 is 0. The fraction of sp³-hybridized carbons (Fsp3) is 0.818. The minimum absolute atomic E-state index is 0.186. The normalized spacial score (nSPS) is 12.9. The van der Waals surface area contributed by atoms with Crippen molar-refractivity contribution >= 4 is 11.8 Å². The number of amides is 2. The van der Waals surface area contributed by atoms with E-state index < -0.39 is 24.7 Å². The SMILES string of the molecule is CCN(CC)C(=O)C(C)NCC(=O)NCC(F)(F)F. The third-order valence-electron chi connectivity index (χ3n) is 2.50. The summed E-state index contributed by atoms with van der Waals surface area (Å²) in [5.41, 5.74) is 0. The zero-order chi connectivity index (χ0) is 15.1. The van der Waals surface area contributed by atoms with Crippen molar-refractivity contribution in [2.45, 2.75) is 33.0 Å². The van der Waals surface area contributed by atoms with Crippen molar-refractivity contribution in [3.05, 3.63) is 0 Å². The van der Waals surface area contributed by atoms with Crippen LogP contribution in [0.4, 0.5) is 13.2 Å². The van der Waals surface area contributed by atoms with Crippen LogP contribution in [0.5, 0.6) is 0 Å². The number of likely N-dealkylation sites (N-methyl/N-ethyl adjacent to an activating group) is 1. The molecule has 2 amide bonds. The number of carbonyl (C=O) groups is 2. The van der Waals surface area contributed by atoms with Gasteiger partial charge in [-0.05, 0) is 20.8 Å². The number of nitrogens with one attached hydrogen (secondary N) is 2. The number of alkyl halides is 3. The minimum atomic E-state index is -4.43. The molecule has 0 radical (unpaired) electrons. The fourth-order valence-electron chi connectivity index (χ4n) is 1.40. The molecule has 19 heavy (non-hydrogen) atoms. The van der Waals surface area contributed by atoms with Gasteiger partial charge in [-0.25, -0.2) is 0 Å². The lowest BCUT2D eigenvalue weighted by Gasteiger charge is -2.23. The van der Waals surface area contributed by atoms with Crippen LogP contribution in [0, 0.1) is 0 Å². The van der Waals surface area contributed by atoms with Crippen LogP contribution in [-0.4, -0.2) is 55.1 Å². The first kappa shape index (κ1) is 17.7. The summed E-state index contributed by atoms with van der Waals surface area (Å²) in [5, 5.41) is 4.32. The lowest BCUT2D eigenvalue weighted by Crippen LogP contribution is -2.48. The Hall–Kier alpha value is -1.31. The first-order chi connectivity index (χ1) is 8.71. The van der Waals surface area contributed by atoms with Crippen molar-refractivity contribution in [2.24, 2.45) is 0 Å². The third kappa shape index (κ3) is 7.66. The van der Waals surface area contributed by atoms with Gasteiger partial charge in [-0.3, -0.25) is 14.9 Å². The molecular formula is C11H20F3N3O2. The average molecular weight is 283 g/mol. The molecule has 0 saturated carbocycles. The van der Waals surface area contributed by atoms with Gasteiger partial charge >= 0.3 is 6.18 Å². The minimum Gasteiger partial charge on any atom is -0.346 e. The van der Waals surface area contributed by atoms with Crippen LogP contribution in [0.15, 0.2) is 0 Å². The molecular weight excluding hydrogens is 263 g/mol. The summed E-state index contributed by atoms with van der Waals surface area (Å²) < 4.78 is 35.5. The zero-order valence-corrected chi connectivity index (χ0v) is 11.3. The molecule has 8 heteroatoms. The molecule has 1 atom stereocenters. The molecule has 112 valence electrons. The van der Waals surface area contributed by atoms with Gasteiger partial charge in [-0.1, -0.05) is 0 Å². The van der Waals surface area contributed by atoms with Gasteiger partial charge in [0.1, 0.15) is 6.54 Å². The maximum Gasteiger partial charge on any atom is 0.405 e. The first-order valence-corrected chi connectivity index (χ1v) is 6.06. The highest BCUT2D eigenvalue weighted by Crippen LogP contribution is 2.11. The predicted octanol–water partition coefficient (Wildman–Crippen LogP) is 0.511. The Kier molecular flexibility index (Phi) is 7.43. The second-order valence-corrected chi connectivity index (χ2v) is 4.01. The van der Waals surface area contributed by atoms with E-state index in [9.17, 15) is 22.8 Å². The molecule has 0 aromatic carbocycles. The van der Waals surface area contributed by atoms with E-state index >= 15 is 0 Å². The van der Waals surface area contributed by atoms with Gasteiger partial charge in [0.15, 0.2) is 0 Å². The molecule has 2 N–H and O–H groups in total. The van der Waals surface area contributed by atoms with E-state index in [1.54, 1.807) is 17.1 Å². The molecule has 0 aliphatic rings. The molecule has 0 bridgehead atoms. The second kappa shape index (κ2) is 7.98. The largest absolute Gasteiger partial charge is 0.405 e. The smallest absolute Gasteiger partial charge is 0.346 e. The van der Waals surface area contributed by atoms with Crippen molar-refractivity contribution in [1.29, 1.82) is 0 Å². The van der Waals surface area contributed by atoms with E-state index in [0.717, 1.165) is 0 Å². The third-order valence-corrected chi connectivity index (χ3v) is 2.50. The highest BCUT2D eigenvalue weighted by molar-refractivity contribution is 5.83. The maximum atomic E-state index is 11.8. The Morgan fingerprint density at radius 3 is 2.16 bits per heavy atom. The van der Waals surface area contributed by atoms with Crippen LogP contribution in [0.25, 0.3) is 0 Å². The molecule has 0 aliphatic carbocycles. The average Bonchev–Trinajstić information content (AvgIpc) is 2.33. The molecule has 0 aromatic rings. The molecule has 0 rings (SSSR count). The molecule has 0 aliphatic heterocycles. The quantitative estimate of drug-likeness (QED) is 0.716. The Morgan fingerprint density at radius 1 is 1.21 bits per heavy atom. The van der Waals surface area contributed by atoms with Crippen LogP contribution >= 0.6 is 0 Å². The predicted molar refractivity (Wildman–Crippen MR) is 64.5 cm³/mol. The molecule has 0 aromatic heterocycles. The van der Waals surface area contributed by atoms with Crippen molar-refractivity contribution in [2.75, 3.05) is 26.2 Å². The number of carbonyl (C=O) groups excluding carboxylic acids is 2. The molecule has 0 saturated heterocycles. The van der Waals surface area contributed by atoms with E-state index in [4.69, 9.17) is 0 Å². The van der Waals surface area contributed by atoms with E-state index in [1.807, 2.05) is 13.8 Å². The van der Waals surface area contributed by atoms with Crippen molar-refractivity contribution in [3.63, 3.8) is 0 Å². The Labute approximate surface area is 110 Å². The van der Waals surface area contributed by atoms with Gasteiger partial charge in [0, 0.05) is 13.1 Å². The van der Waals surface area contributed by atoms with Gasteiger partial charge in [-0.15, -0.1) is 0 Å². The summed E-state index contributed by atoms with van der Waals surface area (Å²) in [7, 11) is 0. The van der Waals surface area contributed by atoms with E-state index in [0.29, 0.717) is 13.1 Å². The standard InChI is InChI=1S/C11H20F3N3O2/c1-4-17(5-2)10(19)8(3)15-6-9(18)16-7-11(12,13)14/h8,15H,4-7H2,1-3H3,(H,16,18). The van der Waals surface area contributed by atoms with E-state index in [1.165, 1.54) is 0 Å². The van der Waals surface area contributed by atoms with E-state index in [2.05, 4.69) is 5.32 Å². The molecule has 0 spiro atoms. The Morgan fingerprint density at radius 2 is 1.74 bits per heavy atom. The van der Waals surface area contributed by atoms with Crippen LogP contribution in [0.1, 0.15) is 20.8 Å². The lowest BCUT2D eigenvalue weighted by molar-refractivity contribution is -0.138. The highest BCUT2D eigenvalue weighted by atomic mass is 19.4. The monoisotopic (exact) mass is 283 g/mol. The van der Waals surface area contributed by atoms with E-state index in [-0.39, 0.29) is 12.5 Å². The maximum absolute atomic E-state index is 11.8. The number of halogens is 3. The van der Waals surface area contributed by atoms with Crippen LogP contribution < -0.4 is 10.6 Å². The first-order valence-electron chi connectivity index (χ1n) is 6.06. The second-order valence-electron chi connectivity index (χ2n) is 4.01. The Bertz CT molecular complexity index is 304. The molecule has 0 heterocycles. The molecule has 0 fully saturated rings. The number of nitrogens with zero attached hydrogens (tertiary/aromatic N) is 1. The van der Waals surface area contributed by atoms with Gasteiger partial charge < -0.3 is 10.2 Å². The zero-order valence-electron chi connectivity index (χ0n) is 11.3. The lowest BCUT2D eigenvalue weighted by atomic mass is 10.2. The van der Waals surface area contributed by atoms with Gasteiger partial charge in [0.2, 0.25) is 11.8 Å². The molecule has 1 unspecified atom stereocenters. The van der Waals surface area contributed by atoms with Crippen LogP contribution in [-0.2, 0) is 9.59 Å². The van der Waals surface area contributed by atoms with Crippen molar-refractivity contribution < 1.29 is 22.8 Å². The topological polar surface area (TPSA) is 61.4 Å².